The van der Waals surface area contributed by atoms with Crippen LogP contribution in [0.2, 0.25) is 0 Å². The fraction of sp³-hybridized carbons (Fsp3) is 0.389. The Morgan fingerprint density at radius 3 is 2.20 bits per heavy atom. The van der Waals surface area contributed by atoms with Crippen molar-refractivity contribution in [1.29, 1.82) is 0 Å². The molecule has 0 bridgehead atoms. The zero-order chi connectivity index (χ0) is 32.7. The zero-order valence-electron chi connectivity index (χ0n) is 26.5. The minimum Gasteiger partial charge on any atom is -0.449 e. The van der Waals surface area contributed by atoms with Crippen LogP contribution in [0.4, 0.5) is 13.2 Å². The summed E-state index contributed by atoms with van der Waals surface area (Å²) in [6.45, 7) is 13.3. The Hall–Kier alpha value is -4.11. The van der Waals surface area contributed by atoms with E-state index in [0.717, 1.165) is 53.9 Å². The molecule has 238 valence electrons. The number of hydrogen-bond donors (Lipinski definition) is 1. The molecule has 0 radical (unpaired) electrons. The molecule has 1 saturated heterocycles. The van der Waals surface area contributed by atoms with Crippen molar-refractivity contribution in [1.82, 2.24) is 0 Å². The Labute approximate surface area is 260 Å². The topological polar surface area (TPSA) is 70.2 Å². The molecular weight excluding hydrogens is 583 g/mol. The van der Waals surface area contributed by atoms with Gasteiger partial charge in [-0.3, -0.25) is 4.79 Å². The van der Waals surface area contributed by atoms with Crippen LogP contribution in [0.3, 0.4) is 0 Å². The molecule has 0 unspecified atom stereocenters. The second-order valence-electron chi connectivity index (χ2n) is 13.0. The standard InChI is InChI=1S/C36H38F3NO5/c1-21-18-22(2)23(3)29(19-21)43-32-30(41)26-14-15-28(44-34(42)24-10-12-25(13-11-24)35(4,5)6)27(20-40-16-8-7-9-17-40)31(26)45-33(32)36(37,38)39/h10-15,18-19H,7-9,16-17,20H2,1-6H3/p+1. The number of rotatable bonds is 6. The molecule has 0 aliphatic carbocycles. The van der Waals surface area contributed by atoms with Gasteiger partial charge in [0.25, 0.3) is 5.76 Å². The summed E-state index contributed by atoms with van der Waals surface area (Å²) in [4.78, 5) is 28.2. The van der Waals surface area contributed by atoms with Gasteiger partial charge in [-0.25, -0.2) is 4.79 Å². The van der Waals surface area contributed by atoms with Crippen LogP contribution in [0.1, 0.15) is 84.0 Å². The predicted molar refractivity (Wildman–Crippen MR) is 167 cm³/mol. The van der Waals surface area contributed by atoms with Crippen LogP contribution in [-0.4, -0.2) is 19.1 Å². The second kappa shape index (κ2) is 12.4. The average Bonchev–Trinajstić information content (AvgIpc) is 2.97. The van der Waals surface area contributed by atoms with E-state index < -0.39 is 29.1 Å². The van der Waals surface area contributed by atoms with Crippen LogP contribution in [0.15, 0.2) is 57.7 Å². The monoisotopic (exact) mass is 622 g/mol. The normalized spacial score (nSPS) is 14.5. The van der Waals surface area contributed by atoms with Gasteiger partial charge in [-0.2, -0.15) is 13.2 Å². The van der Waals surface area contributed by atoms with E-state index in [-0.39, 0.29) is 40.0 Å². The molecule has 3 aromatic carbocycles. The number of fused-ring (bicyclic) bond motifs is 1. The molecule has 5 rings (SSSR count). The number of carbonyl (C=O) groups excluding carboxylic acids is 1. The molecule has 2 heterocycles. The summed E-state index contributed by atoms with van der Waals surface area (Å²) in [6.07, 6.45) is -2.05. The van der Waals surface area contributed by atoms with E-state index in [1.165, 1.54) is 12.1 Å². The summed E-state index contributed by atoms with van der Waals surface area (Å²) in [7, 11) is 0. The number of likely N-dealkylation sites (tertiary alicyclic amines) is 1. The van der Waals surface area contributed by atoms with Crippen LogP contribution >= 0.6 is 0 Å². The van der Waals surface area contributed by atoms with Gasteiger partial charge in [-0.05, 0) is 98.0 Å². The number of aryl methyl sites for hydroxylation is 2. The smallest absolute Gasteiger partial charge is 0.449 e. The molecule has 6 nitrogen and oxygen atoms in total. The third-order valence-electron chi connectivity index (χ3n) is 8.49. The molecule has 45 heavy (non-hydrogen) atoms. The molecule has 1 aliphatic rings. The van der Waals surface area contributed by atoms with Crippen LogP contribution in [0.25, 0.3) is 11.0 Å². The number of nitrogens with one attached hydrogen (secondary N) is 1. The summed E-state index contributed by atoms with van der Waals surface area (Å²) >= 11 is 0. The highest BCUT2D eigenvalue weighted by molar-refractivity contribution is 5.92. The van der Waals surface area contributed by atoms with Crippen LogP contribution in [0, 0.1) is 20.8 Å². The average molecular weight is 623 g/mol. The van der Waals surface area contributed by atoms with Crippen molar-refractivity contribution in [3.8, 4) is 17.2 Å². The van der Waals surface area contributed by atoms with Crippen molar-refractivity contribution < 1.29 is 36.8 Å². The minimum absolute atomic E-state index is 0.0561. The molecular formula is C36H39F3NO5+. The highest BCUT2D eigenvalue weighted by Gasteiger charge is 2.41. The predicted octanol–water partition coefficient (Wildman–Crippen LogP) is 7.61. The largest absolute Gasteiger partial charge is 0.453 e. The fourth-order valence-corrected chi connectivity index (χ4v) is 5.78. The lowest BCUT2D eigenvalue weighted by Gasteiger charge is -2.25. The first-order valence-electron chi connectivity index (χ1n) is 15.3. The molecule has 1 fully saturated rings. The molecule has 0 saturated carbocycles. The number of piperidine rings is 1. The van der Waals surface area contributed by atoms with Crippen molar-refractivity contribution >= 4 is 16.9 Å². The van der Waals surface area contributed by atoms with Gasteiger partial charge < -0.3 is 18.8 Å². The molecule has 1 N–H and O–H groups in total. The van der Waals surface area contributed by atoms with Gasteiger partial charge in [-0.1, -0.05) is 39.0 Å². The molecule has 4 aromatic rings. The van der Waals surface area contributed by atoms with Crippen molar-refractivity contribution in [3.05, 3.63) is 97.9 Å². The van der Waals surface area contributed by atoms with E-state index in [0.29, 0.717) is 11.1 Å². The number of halogens is 3. The second-order valence-corrected chi connectivity index (χ2v) is 13.0. The van der Waals surface area contributed by atoms with Gasteiger partial charge in [0.2, 0.25) is 11.2 Å². The third kappa shape index (κ3) is 6.93. The van der Waals surface area contributed by atoms with Gasteiger partial charge >= 0.3 is 12.1 Å². The Morgan fingerprint density at radius 2 is 1.58 bits per heavy atom. The summed E-state index contributed by atoms with van der Waals surface area (Å²) in [5, 5.41) is -0.0826. The molecule has 9 heteroatoms. The Balaban J connectivity index is 1.64. The summed E-state index contributed by atoms with van der Waals surface area (Å²) in [5.41, 5.74) is 2.45. The first-order chi connectivity index (χ1) is 21.1. The lowest BCUT2D eigenvalue weighted by Crippen LogP contribution is -3.11. The number of hydrogen-bond acceptors (Lipinski definition) is 5. The molecule has 0 amide bonds. The van der Waals surface area contributed by atoms with Crippen LogP contribution in [-0.2, 0) is 18.1 Å². The van der Waals surface area contributed by atoms with Gasteiger partial charge in [0.15, 0.2) is 5.58 Å². The van der Waals surface area contributed by atoms with E-state index in [2.05, 4.69) is 20.8 Å². The molecule has 0 atom stereocenters. The van der Waals surface area contributed by atoms with E-state index >= 15 is 0 Å². The molecule has 1 aromatic heterocycles. The van der Waals surface area contributed by atoms with Gasteiger partial charge in [0, 0.05) is 0 Å². The number of quaternary nitrogens is 1. The van der Waals surface area contributed by atoms with E-state index in [9.17, 15) is 22.8 Å². The summed E-state index contributed by atoms with van der Waals surface area (Å²) in [6, 6.07) is 13.3. The van der Waals surface area contributed by atoms with Crippen molar-refractivity contribution in [2.24, 2.45) is 0 Å². The van der Waals surface area contributed by atoms with Crippen molar-refractivity contribution in [3.63, 3.8) is 0 Å². The zero-order valence-corrected chi connectivity index (χ0v) is 26.5. The Morgan fingerprint density at radius 1 is 0.911 bits per heavy atom. The number of esters is 1. The minimum atomic E-state index is -5.04. The summed E-state index contributed by atoms with van der Waals surface area (Å²) in [5.74, 6) is -2.92. The maximum Gasteiger partial charge on any atom is 0.453 e. The van der Waals surface area contributed by atoms with Crippen LogP contribution < -0.4 is 19.8 Å². The van der Waals surface area contributed by atoms with Crippen molar-refractivity contribution in [2.75, 3.05) is 13.1 Å². The van der Waals surface area contributed by atoms with Gasteiger partial charge in [0.1, 0.15) is 18.0 Å². The highest BCUT2D eigenvalue weighted by atomic mass is 19.4. The number of ether oxygens (including phenoxy) is 2. The number of alkyl halides is 3. The Kier molecular flexibility index (Phi) is 8.86. The first kappa shape index (κ1) is 32.3. The van der Waals surface area contributed by atoms with Gasteiger partial charge in [-0.15, -0.1) is 0 Å². The highest BCUT2D eigenvalue weighted by Crippen LogP contribution is 2.41. The maximum atomic E-state index is 14.6. The lowest BCUT2D eigenvalue weighted by molar-refractivity contribution is -0.918. The molecule has 1 aliphatic heterocycles. The summed E-state index contributed by atoms with van der Waals surface area (Å²) < 4.78 is 60.8. The lowest BCUT2D eigenvalue weighted by atomic mass is 9.87. The quantitative estimate of drug-likeness (QED) is 0.177. The number of benzene rings is 3. The number of carbonyl (C=O) groups is 1. The Bertz CT molecular complexity index is 1790. The van der Waals surface area contributed by atoms with E-state index in [4.69, 9.17) is 13.9 Å². The maximum absolute atomic E-state index is 14.6. The van der Waals surface area contributed by atoms with Crippen molar-refractivity contribution in [2.45, 2.75) is 78.9 Å². The van der Waals surface area contributed by atoms with Gasteiger partial charge in [0.05, 0.1) is 29.6 Å². The van der Waals surface area contributed by atoms with Crippen LogP contribution in [0.5, 0.6) is 17.2 Å². The van der Waals surface area contributed by atoms with E-state index in [1.807, 2.05) is 25.1 Å². The first-order valence-corrected chi connectivity index (χ1v) is 15.3. The molecule has 0 spiro atoms. The van der Waals surface area contributed by atoms with E-state index in [1.54, 1.807) is 32.0 Å². The third-order valence-corrected chi connectivity index (χ3v) is 8.49. The SMILES string of the molecule is Cc1cc(C)c(C)c(Oc2c(C(F)(F)F)oc3c(C[NH+]4CCCCC4)c(OC(=O)c4ccc(C(C)(C)C)cc4)ccc3c2=O)c1. The fourth-order valence-electron chi connectivity index (χ4n) is 5.78.